The maximum atomic E-state index is 2.50. The van der Waals surface area contributed by atoms with Crippen LogP contribution >= 0.6 is 22.7 Å². The molecule has 0 radical (unpaired) electrons. The van der Waals surface area contributed by atoms with Crippen molar-refractivity contribution in [3.8, 4) is 33.4 Å². The van der Waals surface area contributed by atoms with E-state index in [0.29, 0.717) is 0 Å². The molecule has 9 aromatic carbocycles. The van der Waals surface area contributed by atoms with E-state index in [9.17, 15) is 0 Å². The van der Waals surface area contributed by atoms with Gasteiger partial charge < -0.3 is 4.90 Å². The van der Waals surface area contributed by atoms with Crippen molar-refractivity contribution in [3.63, 3.8) is 0 Å². The number of hydrogen-bond donors (Lipinski definition) is 0. The molecule has 0 N–H and O–H groups in total. The van der Waals surface area contributed by atoms with E-state index in [1.54, 1.807) is 0 Å². The Hall–Kier alpha value is -6.52. The lowest BCUT2D eigenvalue weighted by Crippen LogP contribution is -2.16. The lowest BCUT2D eigenvalue weighted by molar-refractivity contribution is 0.662. The summed E-state index contributed by atoms with van der Waals surface area (Å²) >= 11 is 3.80. The van der Waals surface area contributed by atoms with Crippen LogP contribution in [-0.2, 0) is 5.41 Å². The van der Waals surface area contributed by atoms with Gasteiger partial charge in [0.25, 0.3) is 0 Å². The molecule has 2 aromatic heterocycles. The molecule has 11 aromatic rings. The van der Waals surface area contributed by atoms with Crippen molar-refractivity contribution in [1.82, 2.24) is 0 Å². The summed E-state index contributed by atoms with van der Waals surface area (Å²) in [6.07, 6.45) is 0. The van der Waals surface area contributed by atoms with Crippen LogP contribution in [0.2, 0.25) is 0 Å². The quantitative estimate of drug-likeness (QED) is 0.168. The normalized spacial score (nSPS) is 13.1. The molecule has 1 aliphatic rings. The van der Waals surface area contributed by atoms with Crippen molar-refractivity contribution in [2.45, 2.75) is 19.3 Å². The van der Waals surface area contributed by atoms with E-state index in [1.165, 1.54) is 101 Å². The first-order chi connectivity index (χ1) is 28.5. The zero-order chi connectivity index (χ0) is 38.5. The number of anilines is 3. The molecule has 0 saturated carbocycles. The molecule has 0 fully saturated rings. The maximum Gasteiger partial charge on any atom is 0.0640 e. The summed E-state index contributed by atoms with van der Waals surface area (Å²) in [5, 5.41) is 7.81. The van der Waals surface area contributed by atoms with Gasteiger partial charge in [-0.05, 0) is 91.7 Å². The Morgan fingerprint density at radius 1 is 0.397 bits per heavy atom. The minimum Gasteiger partial charge on any atom is -0.309 e. The number of fused-ring (bicyclic) bond motifs is 11. The summed E-state index contributed by atoms with van der Waals surface area (Å²) in [6, 6.07) is 70.0. The largest absolute Gasteiger partial charge is 0.309 e. The van der Waals surface area contributed by atoms with Crippen LogP contribution in [0, 0.1) is 0 Å². The lowest BCUT2D eigenvalue weighted by Gasteiger charge is -2.28. The van der Waals surface area contributed by atoms with Crippen LogP contribution in [0.5, 0.6) is 0 Å². The molecule has 0 atom stereocenters. The number of rotatable bonds is 5. The molecule has 0 saturated heterocycles. The maximum absolute atomic E-state index is 2.50. The van der Waals surface area contributed by atoms with Gasteiger partial charge in [0, 0.05) is 52.4 Å². The summed E-state index contributed by atoms with van der Waals surface area (Å²) in [7, 11) is 0. The Kier molecular flexibility index (Phi) is 7.38. The van der Waals surface area contributed by atoms with Gasteiger partial charge in [-0.25, -0.2) is 0 Å². The van der Waals surface area contributed by atoms with E-state index in [1.807, 2.05) is 22.7 Å². The Bertz CT molecular complexity index is 3450. The molecule has 12 rings (SSSR count). The van der Waals surface area contributed by atoms with Crippen LogP contribution in [0.15, 0.2) is 188 Å². The molecule has 3 heteroatoms. The first-order valence-corrected chi connectivity index (χ1v) is 21.6. The van der Waals surface area contributed by atoms with Crippen molar-refractivity contribution >= 4 is 90.9 Å². The minimum atomic E-state index is -0.119. The van der Waals surface area contributed by atoms with Gasteiger partial charge in [-0.15, -0.1) is 22.7 Å². The van der Waals surface area contributed by atoms with Crippen molar-refractivity contribution < 1.29 is 0 Å². The van der Waals surface area contributed by atoms with Gasteiger partial charge in [-0.2, -0.15) is 0 Å². The molecule has 0 aliphatic heterocycles. The van der Waals surface area contributed by atoms with Gasteiger partial charge in [-0.3, -0.25) is 0 Å². The van der Waals surface area contributed by atoms with Crippen LogP contribution in [0.4, 0.5) is 17.1 Å². The topological polar surface area (TPSA) is 3.24 Å². The first-order valence-electron chi connectivity index (χ1n) is 20.0. The SMILES string of the molecule is CC1(C)c2ccccc2-c2cccc(-c3cccc(N(c4cccc(-c5cccc6c5sc5ccccc56)c4)c4cccc5c4sc4c6ccccc6ccc54)c3)c21. The second-order valence-electron chi connectivity index (χ2n) is 16.0. The highest BCUT2D eigenvalue weighted by molar-refractivity contribution is 7.27. The van der Waals surface area contributed by atoms with Crippen molar-refractivity contribution in [2.75, 3.05) is 4.90 Å². The summed E-state index contributed by atoms with van der Waals surface area (Å²) in [6.45, 7) is 4.76. The van der Waals surface area contributed by atoms with Crippen LogP contribution in [0.3, 0.4) is 0 Å². The summed E-state index contributed by atoms with van der Waals surface area (Å²) in [4.78, 5) is 2.50. The average Bonchev–Trinajstić information content (AvgIpc) is 3.93. The second-order valence-corrected chi connectivity index (χ2v) is 18.1. The van der Waals surface area contributed by atoms with Crippen molar-refractivity contribution in [1.29, 1.82) is 0 Å². The van der Waals surface area contributed by atoms with Crippen LogP contribution < -0.4 is 4.90 Å². The highest BCUT2D eigenvalue weighted by Crippen LogP contribution is 2.53. The van der Waals surface area contributed by atoms with Gasteiger partial charge in [0.15, 0.2) is 0 Å². The summed E-state index contributed by atoms with van der Waals surface area (Å²) in [5.41, 5.74) is 13.8. The third kappa shape index (κ3) is 4.94. The van der Waals surface area contributed by atoms with Gasteiger partial charge in [0.2, 0.25) is 0 Å². The molecule has 58 heavy (non-hydrogen) atoms. The van der Waals surface area contributed by atoms with Gasteiger partial charge >= 0.3 is 0 Å². The van der Waals surface area contributed by atoms with Crippen molar-refractivity contribution in [2.24, 2.45) is 0 Å². The molecule has 0 bridgehead atoms. The van der Waals surface area contributed by atoms with Gasteiger partial charge in [-0.1, -0.05) is 166 Å². The van der Waals surface area contributed by atoms with E-state index in [0.717, 1.165) is 11.4 Å². The van der Waals surface area contributed by atoms with Crippen LogP contribution in [0.25, 0.3) is 84.5 Å². The minimum absolute atomic E-state index is 0.119. The Morgan fingerprint density at radius 3 is 1.83 bits per heavy atom. The Morgan fingerprint density at radius 2 is 0.983 bits per heavy atom. The number of nitrogens with zero attached hydrogens (tertiary/aromatic N) is 1. The van der Waals surface area contributed by atoms with E-state index >= 15 is 0 Å². The fourth-order valence-corrected chi connectivity index (χ4v) is 12.4. The molecule has 274 valence electrons. The highest BCUT2D eigenvalue weighted by atomic mass is 32.1. The van der Waals surface area contributed by atoms with Gasteiger partial charge in [0.1, 0.15) is 0 Å². The monoisotopic (exact) mass is 775 g/mol. The molecule has 2 heterocycles. The van der Waals surface area contributed by atoms with E-state index in [4.69, 9.17) is 0 Å². The Labute approximate surface area is 345 Å². The van der Waals surface area contributed by atoms with Gasteiger partial charge in [0.05, 0.1) is 10.4 Å². The lowest BCUT2D eigenvalue weighted by atomic mass is 9.79. The molecule has 0 amide bonds. The van der Waals surface area contributed by atoms with Crippen LogP contribution in [-0.4, -0.2) is 0 Å². The fraction of sp³-hybridized carbons (Fsp3) is 0.0545. The zero-order valence-electron chi connectivity index (χ0n) is 32.2. The average molecular weight is 776 g/mol. The fourth-order valence-electron chi connectivity index (χ4n) is 9.80. The highest BCUT2D eigenvalue weighted by Gasteiger charge is 2.37. The molecule has 1 nitrogen and oxygen atoms in total. The first kappa shape index (κ1) is 33.6. The number of hydrogen-bond acceptors (Lipinski definition) is 3. The zero-order valence-corrected chi connectivity index (χ0v) is 33.8. The predicted molar refractivity (Wildman–Crippen MR) is 253 cm³/mol. The second kappa shape index (κ2) is 12.7. The molecule has 1 aliphatic carbocycles. The summed E-state index contributed by atoms with van der Waals surface area (Å²) in [5.74, 6) is 0. The van der Waals surface area contributed by atoms with Crippen LogP contribution in [0.1, 0.15) is 25.0 Å². The summed E-state index contributed by atoms with van der Waals surface area (Å²) < 4.78 is 5.27. The van der Waals surface area contributed by atoms with E-state index in [-0.39, 0.29) is 5.41 Å². The Balaban J connectivity index is 1.09. The van der Waals surface area contributed by atoms with E-state index < -0.39 is 0 Å². The molecule has 0 spiro atoms. The number of thiophene rings is 2. The predicted octanol–water partition coefficient (Wildman–Crippen LogP) is 16.7. The number of benzene rings is 9. The molecule has 0 unspecified atom stereocenters. The third-order valence-electron chi connectivity index (χ3n) is 12.4. The van der Waals surface area contributed by atoms with Crippen molar-refractivity contribution in [3.05, 3.63) is 199 Å². The smallest absolute Gasteiger partial charge is 0.0640 e. The standard InChI is InChI=1S/C55H37NS2/c1-55(2)48-27-7-5-20-42(48)44-24-11-22-39(51(44)55)35-15-9-17-37(32-35)56(49-28-13-26-46-47-31-30-34-14-3-4-19-40(34)53(47)58-54(46)49)38-18-10-16-36(33-38)41-23-12-25-45-43-21-6-8-29-50(43)57-52(41)45/h3-33H,1-2H3. The third-order valence-corrected chi connectivity index (χ3v) is 14.9. The molecular weight excluding hydrogens is 739 g/mol. The van der Waals surface area contributed by atoms with E-state index in [2.05, 4.69) is 207 Å². The molecular formula is C55H37NS2.